The molecule has 1 heterocycles. The van der Waals surface area contributed by atoms with E-state index >= 15 is 0 Å². The normalized spacial score (nSPS) is 10.5. The van der Waals surface area contributed by atoms with Gasteiger partial charge in [0.1, 0.15) is 6.61 Å². The van der Waals surface area contributed by atoms with Crippen LogP contribution in [0.15, 0.2) is 40.8 Å². The van der Waals surface area contributed by atoms with Gasteiger partial charge in [-0.3, -0.25) is 9.59 Å². The number of thiophene rings is 1. The van der Waals surface area contributed by atoms with Gasteiger partial charge in [-0.1, -0.05) is 6.07 Å². The predicted molar refractivity (Wildman–Crippen MR) is 91.2 cm³/mol. The molecule has 3 N–H and O–H groups in total. The monoisotopic (exact) mass is 347 g/mol. The Morgan fingerprint density at radius 3 is 2.79 bits per heavy atom. The van der Waals surface area contributed by atoms with Crippen LogP contribution in [0.25, 0.3) is 0 Å². The molecule has 24 heavy (non-hydrogen) atoms. The minimum Gasteiger partial charge on any atom is -0.490 e. The van der Waals surface area contributed by atoms with Gasteiger partial charge < -0.3 is 15.2 Å². The first-order chi connectivity index (χ1) is 11.6. The van der Waals surface area contributed by atoms with Gasteiger partial charge in [0.15, 0.2) is 11.5 Å². The van der Waals surface area contributed by atoms with Crippen LogP contribution in [-0.2, 0) is 16.2 Å². The van der Waals surface area contributed by atoms with Crippen molar-refractivity contribution in [1.82, 2.24) is 5.43 Å². The zero-order chi connectivity index (χ0) is 17.4. The van der Waals surface area contributed by atoms with Crippen molar-refractivity contribution in [1.29, 1.82) is 0 Å². The molecule has 0 atom stereocenters. The number of nitrogens with zero attached hydrogens (tertiary/aromatic N) is 1. The third kappa shape index (κ3) is 5.10. The number of nitrogens with two attached hydrogens (primary N) is 1. The number of hydrogen-bond acceptors (Lipinski definition) is 6. The van der Waals surface area contributed by atoms with Crippen molar-refractivity contribution in [2.24, 2.45) is 10.8 Å². The molecule has 0 spiro atoms. The first-order valence-electron chi connectivity index (χ1n) is 7.15. The molecule has 8 heteroatoms. The van der Waals surface area contributed by atoms with Gasteiger partial charge in [-0.05, 0) is 42.1 Å². The Hall–Kier alpha value is -2.87. The van der Waals surface area contributed by atoms with Crippen molar-refractivity contribution in [2.75, 3.05) is 6.61 Å². The summed E-state index contributed by atoms with van der Waals surface area (Å²) in [5.74, 6) is -0.894. The molecule has 0 aliphatic heterocycles. The zero-order valence-corrected chi connectivity index (χ0v) is 13.8. The molecule has 0 fully saturated rings. The smallest absolute Gasteiger partial charge is 0.329 e. The van der Waals surface area contributed by atoms with E-state index in [9.17, 15) is 9.59 Å². The van der Waals surface area contributed by atoms with E-state index in [0.29, 0.717) is 30.3 Å². The number of hydrazone groups is 1. The van der Waals surface area contributed by atoms with Crippen LogP contribution in [0.3, 0.4) is 0 Å². The number of rotatable bonds is 7. The Morgan fingerprint density at radius 1 is 1.29 bits per heavy atom. The molecule has 2 amide bonds. The van der Waals surface area contributed by atoms with Crippen molar-refractivity contribution in [3.8, 4) is 11.5 Å². The van der Waals surface area contributed by atoms with E-state index in [0.717, 1.165) is 4.88 Å². The lowest BCUT2D eigenvalue weighted by Crippen LogP contribution is -2.32. The van der Waals surface area contributed by atoms with Crippen molar-refractivity contribution < 1.29 is 19.1 Å². The summed E-state index contributed by atoms with van der Waals surface area (Å²) in [6, 6.07) is 9.20. The van der Waals surface area contributed by atoms with Gasteiger partial charge in [-0.15, -0.1) is 11.3 Å². The first-order valence-corrected chi connectivity index (χ1v) is 8.03. The van der Waals surface area contributed by atoms with Crippen LogP contribution in [0.2, 0.25) is 0 Å². The highest BCUT2D eigenvalue weighted by Crippen LogP contribution is 2.29. The summed E-state index contributed by atoms with van der Waals surface area (Å²) in [6.07, 6.45) is 1.38. The van der Waals surface area contributed by atoms with Gasteiger partial charge in [-0.2, -0.15) is 5.10 Å². The lowest BCUT2D eigenvalue weighted by Gasteiger charge is -2.12. The fourth-order valence-corrected chi connectivity index (χ4v) is 2.37. The maximum Gasteiger partial charge on any atom is 0.329 e. The fraction of sp³-hybridized carbons (Fsp3) is 0.188. The first kappa shape index (κ1) is 17.5. The van der Waals surface area contributed by atoms with Gasteiger partial charge in [0, 0.05) is 4.88 Å². The summed E-state index contributed by atoms with van der Waals surface area (Å²) in [7, 11) is 0. The third-order valence-electron chi connectivity index (χ3n) is 2.82. The second kappa shape index (κ2) is 8.68. The van der Waals surface area contributed by atoms with Gasteiger partial charge in [-0.25, -0.2) is 5.43 Å². The third-order valence-corrected chi connectivity index (χ3v) is 3.67. The van der Waals surface area contributed by atoms with Gasteiger partial charge >= 0.3 is 11.8 Å². The molecular formula is C16H17N3O4S. The number of benzene rings is 1. The Balaban J connectivity index is 2.06. The molecule has 0 bridgehead atoms. The molecule has 0 radical (unpaired) electrons. The van der Waals surface area contributed by atoms with Crippen LogP contribution in [0.5, 0.6) is 11.5 Å². The molecule has 7 nitrogen and oxygen atoms in total. The maximum atomic E-state index is 11.0. The highest BCUT2D eigenvalue weighted by molar-refractivity contribution is 7.09. The topological polar surface area (TPSA) is 103 Å². The Bertz CT molecular complexity index is 729. The second-order valence-corrected chi connectivity index (χ2v) is 5.60. The maximum absolute atomic E-state index is 11.0. The molecule has 1 aromatic carbocycles. The number of ether oxygens (including phenoxy) is 2. The van der Waals surface area contributed by atoms with Crippen molar-refractivity contribution in [3.05, 3.63) is 46.2 Å². The molecule has 0 aliphatic rings. The summed E-state index contributed by atoms with van der Waals surface area (Å²) < 4.78 is 11.3. The van der Waals surface area contributed by atoms with Crippen LogP contribution in [0.1, 0.15) is 17.4 Å². The summed E-state index contributed by atoms with van der Waals surface area (Å²) in [5, 5.41) is 5.65. The number of hydrogen-bond donors (Lipinski definition) is 2. The van der Waals surface area contributed by atoms with E-state index in [-0.39, 0.29) is 0 Å². The van der Waals surface area contributed by atoms with E-state index < -0.39 is 11.8 Å². The molecule has 126 valence electrons. The number of amides is 2. The molecule has 1 aromatic heterocycles. The quantitative estimate of drug-likeness (QED) is 0.452. The van der Waals surface area contributed by atoms with E-state index in [4.69, 9.17) is 15.2 Å². The molecule has 2 aromatic rings. The molecular weight excluding hydrogens is 330 g/mol. The lowest BCUT2D eigenvalue weighted by atomic mass is 10.2. The summed E-state index contributed by atoms with van der Waals surface area (Å²) >= 11 is 1.62. The highest BCUT2D eigenvalue weighted by Gasteiger charge is 2.08. The Labute approximate surface area is 143 Å². The second-order valence-electron chi connectivity index (χ2n) is 4.57. The molecule has 0 unspecified atom stereocenters. The minimum absolute atomic E-state index is 0.458. The number of carbonyl (C=O) groups is 2. The van der Waals surface area contributed by atoms with Crippen LogP contribution in [-0.4, -0.2) is 24.6 Å². The largest absolute Gasteiger partial charge is 0.490 e. The summed E-state index contributed by atoms with van der Waals surface area (Å²) in [4.78, 5) is 22.7. The zero-order valence-electron chi connectivity index (χ0n) is 13.0. The van der Waals surface area contributed by atoms with Crippen LogP contribution >= 0.6 is 11.3 Å². The van der Waals surface area contributed by atoms with Crippen molar-refractivity contribution in [2.45, 2.75) is 13.5 Å². The van der Waals surface area contributed by atoms with E-state index in [2.05, 4.69) is 5.10 Å². The summed E-state index contributed by atoms with van der Waals surface area (Å²) in [5.41, 5.74) is 7.51. The Morgan fingerprint density at radius 2 is 2.12 bits per heavy atom. The van der Waals surface area contributed by atoms with Gasteiger partial charge in [0.25, 0.3) is 0 Å². The standard InChI is InChI=1S/C16H17N3O4S/c1-2-22-14-8-11(9-18-19-16(21)15(17)20)5-6-13(14)23-10-12-4-3-7-24-12/h3-9H,2,10H2,1H3,(H2,17,20)(H,19,21)/b18-9-. The molecule has 0 aliphatic carbocycles. The fourth-order valence-electron chi connectivity index (χ4n) is 1.76. The van der Waals surface area contributed by atoms with E-state index in [1.54, 1.807) is 29.5 Å². The van der Waals surface area contributed by atoms with Crippen LogP contribution in [0.4, 0.5) is 0 Å². The minimum atomic E-state index is -1.10. The highest BCUT2D eigenvalue weighted by atomic mass is 32.1. The number of carbonyl (C=O) groups excluding carboxylic acids is 2. The van der Waals surface area contributed by atoms with Crippen molar-refractivity contribution in [3.63, 3.8) is 0 Å². The average Bonchev–Trinajstić information content (AvgIpc) is 3.07. The SMILES string of the molecule is CCOc1cc(/C=N\NC(=O)C(N)=O)ccc1OCc1cccs1. The van der Waals surface area contributed by atoms with E-state index in [1.807, 2.05) is 29.9 Å². The van der Waals surface area contributed by atoms with Crippen LogP contribution in [0, 0.1) is 0 Å². The summed E-state index contributed by atoms with van der Waals surface area (Å²) in [6.45, 7) is 2.81. The van der Waals surface area contributed by atoms with Crippen molar-refractivity contribution >= 4 is 29.4 Å². The molecule has 0 saturated heterocycles. The lowest BCUT2D eigenvalue weighted by molar-refractivity contribution is -0.137. The van der Waals surface area contributed by atoms with Crippen LogP contribution < -0.4 is 20.6 Å². The average molecular weight is 347 g/mol. The van der Waals surface area contributed by atoms with Gasteiger partial charge in [0.2, 0.25) is 0 Å². The molecule has 0 saturated carbocycles. The number of nitrogens with one attached hydrogen (secondary N) is 1. The number of primary amides is 1. The molecule has 2 rings (SSSR count). The predicted octanol–water partition coefficient (Wildman–Crippen LogP) is 1.66. The van der Waals surface area contributed by atoms with E-state index in [1.165, 1.54) is 6.21 Å². The Kier molecular flexibility index (Phi) is 6.32. The van der Waals surface area contributed by atoms with Gasteiger partial charge in [0.05, 0.1) is 12.8 Å².